The Hall–Kier alpha value is -1.97. The first-order valence-electron chi connectivity index (χ1n) is 7.89. The minimum Gasteiger partial charge on any atom is -0.452 e. The number of carbonyl (C=O) groups excluding carboxylic acids is 2. The highest BCUT2D eigenvalue weighted by molar-refractivity contribution is 7.89. The first-order chi connectivity index (χ1) is 11.9. The lowest BCUT2D eigenvalue weighted by molar-refractivity contribution is -0.124. The van der Waals surface area contributed by atoms with Crippen LogP contribution in [-0.2, 0) is 24.3 Å². The van der Waals surface area contributed by atoms with E-state index < -0.39 is 28.5 Å². The second-order valence-electron chi connectivity index (χ2n) is 5.03. The van der Waals surface area contributed by atoms with E-state index in [0.717, 1.165) is 0 Å². The zero-order valence-electron chi connectivity index (χ0n) is 14.6. The number of nitrogens with zero attached hydrogens (tertiary/aromatic N) is 1. The molecule has 0 unspecified atom stereocenters. The average molecular weight is 372 g/mol. The monoisotopic (exact) mass is 372 g/mol. The average Bonchev–Trinajstić information content (AvgIpc) is 2.61. The van der Waals surface area contributed by atoms with Crippen LogP contribution in [0.3, 0.4) is 0 Å². The third-order valence-electron chi connectivity index (χ3n) is 3.40. The van der Waals surface area contributed by atoms with Gasteiger partial charge in [0.2, 0.25) is 10.0 Å². The Morgan fingerprint density at radius 3 is 2.24 bits per heavy atom. The molecule has 0 spiro atoms. The Morgan fingerprint density at radius 1 is 1.12 bits per heavy atom. The van der Waals surface area contributed by atoms with Crippen LogP contribution in [0.1, 0.15) is 24.2 Å². The molecule has 1 rings (SSSR count). The zero-order valence-corrected chi connectivity index (χ0v) is 15.5. The fourth-order valence-corrected chi connectivity index (χ4v) is 3.49. The van der Waals surface area contributed by atoms with E-state index in [4.69, 9.17) is 9.47 Å². The number of carbonyl (C=O) groups is 2. The maximum atomic E-state index is 12.4. The first kappa shape index (κ1) is 21.1. The SMILES string of the molecule is CCN(CC)S(=O)(=O)c1ccc(C(=O)OCC(=O)NCCOC)cc1. The normalized spacial score (nSPS) is 11.4. The van der Waals surface area contributed by atoms with Gasteiger partial charge in [0, 0.05) is 26.7 Å². The molecular weight excluding hydrogens is 348 g/mol. The molecular formula is C16H24N2O6S. The Balaban J connectivity index is 2.67. The summed E-state index contributed by atoms with van der Waals surface area (Å²) in [6.45, 7) is 4.51. The summed E-state index contributed by atoms with van der Waals surface area (Å²) in [4.78, 5) is 23.5. The van der Waals surface area contributed by atoms with Crippen LogP contribution in [0.2, 0.25) is 0 Å². The van der Waals surface area contributed by atoms with Crippen molar-refractivity contribution in [2.24, 2.45) is 0 Å². The molecule has 0 saturated carbocycles. The van der Waals surface area contributed by atoms with Crippen LogP contribution < -0.4 is 5.32 Å². The highest BCUT2D eigenvalue weighted by atomic mass is 32.2. The van der Waals surface area contributed by atoms with Gasteiger partial charge < -0.3 is 14.8 Å². The van der Waals surface area contributed by atoms with Crippen LogP contribution in [0.25, 0.3) is 0 Å². The van der Waals surface area contributed by atoms with E-state index >= 15 is 0 Å². The standard InChI is InChI=1S/C16H24N2O6S/c1-4-18(5-2)25(21,22)14-8-6-13(7-9-14)16(20)24-12-15(19)17-10-11-23-3/h6-9H,4-5,10-12H2,1-3H3,(H,17,19). The number of ether oxygens (including phenoxy) is 2. The fraction of sp³-hybridized carbons (Fsp3) is 0.500. The fourth-order valence-electron chi connectivity index (χ4n) is 2.03. The van der Waals surface area contributed by atoms with Gasteiger partial charge in [-0.3, -0.25) is 4.79 Å². The van der Waals surface area contributed by atoms with Crippen molar-refractivity contribution in [3.8, 4) is 0 Å². The van der Waals surface area contributed by atoms with Crippen LogP contribution in [0, 0.1) is 0 Å². The van der Waals surface area contributed by atoms with Crippen molar-refractivity contribution in [3.63, 3.8) is 0 Å². The van der Waals surface area contributed by atoms with Crippen molar-refractivity contribution in [3.05, 3.63) is 29.8 Å². The van der Waals surface area contributed by atoms with E-state index in [1.807, 2.05) is 0 Å². The molecule has 0 aliphatic heterocycles. The molecule has 0 aromatic heterocycles. The van der Waals surface area contributed by atoms with E-state index in [1.54, 1.807) is 13.8 Å². The Kier molecular flexibility index (Phi) is 8.53. The van der Waals surface area contributed by atoms with Crippen LogP contribution in [0.15, 0.2) is 29.2 Å². The molecule has 25 heavy (non-hydrogen) atoms. The molecule has 0 heterocycles. The highest BCUT2D eigenvalue weighted by Gasteiger charge is 2.21. The third kappa shape index (κ3) is 6.11. The molecule has 0 radical (unpaired) electrons. The van der Waals surface area contributed by atoms with Gasteiger partial charge in [0.1, 0.15) is 0 Å². The number of nitrogens with one attached hydrogen (secondary N) is 1. The van der Waals surface area contributed by atoms with E-state index in [2.05, 4.69) is 5.32 Å². The minimum atomic E-state index is -3.58. The van der Waals surface area contributed by atoms with E-state index in [9.17, 15) is 18.0 Å². The summed E-state index contributed by atoms with van der Waals surface area (Å²) in [5.41, 5.74) is 0.170. The molecule has 0 aliphatic carbocycles. The molecule has 9 heteroatoms. The van der Waals surface area contributed by atoms with Crippen molar-refractivity contribution in [1.82, 2.24) is 9.62 Å². The molecule has 0 bridgehead atoms. The first-order valence-corrected chi connectivity index (χ1v) is 9.33. The summed E-state index contributed by atoms with van der Waals surface area (Å²) >= 11 is 0. The summed E-state index contributed by atoms with van der Waals surface area (Å²) in [6, 6.07) is 5.43. The van der Waals surface area contributed by atoms with Crippen molar-refractivity contribution in [1.29, 1.82) is 0 Å². The maximum absolute atomic E-state index is 12.4. The van der Waals surface area contributed by atoms with Gasteiger partial charge in [0.25, 0.3) is 5.91 Å². The number of esters is 1. The molecule has 1 amide bonds. The van der Waals surface area contributed by atoms with E-state index in [1.165, 1.54) is 35.7 Å². The van der Waals surface area contributed by atoms with Crippen molar-refractivity contribution in [2.45, 2.75) is 18.7 Å². The number of amides is 1. The topological polar surface area (TPSA) is 102 Å². The number of hydrogen-bond donors (Lipinski definition) is 1. The van der Waals surface area contributed by atoms with Crippen LogP contribution in [0.4, 0.5) is 0 Å². The Morgan fingerprint density at radius 2 is 1.72 bits per heavy atom. The van der Waals surface area contributed by atoms with Gasteiger partial charge in [-0.15, -0.1) is 0 Å². The lowest BCUT2D eigenvalue weighted by Crippen LogP contribution is -2.31. The van der Waals surface area contributed by atoms with Crippen LogP contribution in [-0.4, -0.2) is 64.6 Å². The predicted octanol–water partition coefficient (Wildman–Crippen LogP) is 0.637. The van der Waals surface area contributed by atoms with Crippen LogP contribution in [0.5, 0.6) is 0 Å². The molecule has 0 atom stereocenters. The molecule has 1 aromatic carbocycles. The highest BCUT2D eigenvalue weighted by Crippen LogP contribution is 2.16. The Bertz CT molecular complexity index is 668. The van der Waals surface area contributed by atoms with Crippen LogP contribution >= 0.6 is 0 Å². The minimum absolute atomic E-state index is 0.102. The van der Waals surface area contributed by atoms with Gasteiger partial charge >= 0.3 is 5.97 Å². The van der Waals surface area contributed by atoms with Gasteiger partial charge in [-0.05, 0) is 24.3 Å². The molecule has 140 valence electrons. The molecule has 1 aromatic rings. The molecule has 8 nitrogen and oxygen atoms in total. The largest absolute Gasteiger partial charge is 0.452 e. The zero-order chi connectivity index (χ0) is 18.9. The number of methoxy groups -OCH3 is 1. The van der Waals surface area contributed by atoms with Gasteiger partial charge in [0.05, 0.1) is 17.1 Å². The second-order valence-corrected chi connectivity index (χ2v) is 6.97. The lowest BCUT2D eigenvalue weighted by Gasteiger charge is -2.18. The third-order valence-corrected chi connectivity index (χ3v) is 5.46. The lowest BCUT2D eigenvalue weighted by atomic mass is 10.2. The summed E-state index contributed by atoms with van der Waals surface area (Å²) in [7, 11) is -2.07. The Labute approximate surface area is 148 Å². The number of hydrogen-bond acceptors (Lipinski definition) is 6. The number of sulfonamides is 1. The summed E-state index contributed by atoms with van der Waals surface area (Å²) in [6.07, 6.45) is 0. The second kappa shape index (κ2) is 10.1. The number of rotatable bonds is 10. The van der Waals surface area contributed by atoms with E-state index in [0.29, 0.717) is 26.2 Å². The number of benzene rings is 1. The maximum Gasteiger partial charge on any atom is 0.338 e. The summed E-state index contributed by atoms with van der Waals surface area (Å²) < 4.78 is 35.7. The van der Waals surface area contributed by atoms with Gasteiger partial charge in [0.15, 0.2) is 6.61 Å². The van der Waals surface area contributed by atoms with Crippen molar-refractivity contribution >= 4 is 21.9 Å². The molecule has 0 saturated heterocycles. The smallest absolute Gasteiger partial charge is 0.338 e. The molecule has 0 aliphatic rings. The van der Waals surface area contributed by atoms with Gasteiger partial charge in [-0.1, -0.05) is 13.8 Å². The summed E-state index contributed by atoms with van der Waals surface area (Å²) in [5.74, 6) is -1.14. The van der Waals surface area contributed by atoms with E-state index in [-0.39, 0.29) is 10.5 Å². The molecule has 0 fully saturated rings. The van der Waals surface area contributed by atoms with Crippen molar-refractivity contribution < 1.29 is 27.5 Å². The van der Waals surface area contributed by atoms with Gasteiger partial charge in [-0.2, -0.15) is 4.31 Å². The predicted molar refractivity (Wildman–Crippen MR) is 91.7 cm³/mol. The van der Waals surface area contributed by atoms with Crippen molar-refractivity contribution in [2.75, 3.05) is 40.0 Å². The molecule has 1 N–H and O–H groups in total. The summed E-state index contributed by atoms with van der Waals surface area (Å²) in [5, 5.41) is 2.52. The quantitative estimate of drug-likeness (QED) is 0.478. The van der Waals surface area contributed by atoms with Gasteiger partial charge in [-0.25, -0.2) is 13.2 Å².